The zero-order valence-corrected chi connectivity index (χ0v) is 8.30. The molecule has 4 unspecified atom stereocenters. The first kappa shape index (κ1) is 9.83. The maximum absolute atomic E-state index is 10.4. The van der Waals surface area contributed by atoms with Crippen molar-refractivity contribution in [1.29, 1.82) is 0 Å². The van der Waals surface area contributed by atoms with Crippen molar-refractivity contribution in [2.24, 2.45) is 0 Å². The molecule has 0 saturated carbocycles. The molecule has 0 spiro atoms. The molecular weight excluding hydrogens is 184 g/mol. The summed E-state index contributed by atoms with van der Waals surface area (Å²) in [7, 11) is 0. The van der Waals surface area contributed by atoms with E-state index in [-0.39, 0.29) is 24.4 Å². The predicted molar refractivity (Wildman–Crippen MR) is 48.7 cm³/mol. The third-order valence-electron chi connectivity index (χ3n) is 2.42. The predicted octanol–water partition coefficient (Wildman–Crippen LogP) is 0.659. The van der Waals surface area contributed by atoms with E-state index in [4.69, 9.17) is 14.2 Å². The Morgan fingerprint density at radius 1 is 1.21 bits per heavy atom. The van der Waals surface area contributed by atoms with Crippen LogP contribution in [-0.4, -0.2) is 36.5 Å². The maximum atomic E-state index is 10.4. The van der Waals surface area contributed by atoms with E-state index in [1.165, 1.54) is 0 Å². The van der Waals surface area contributed by atoms with Gasteiger partial charge in [-0.3, -0.25) is 0 Å². The van der Waals surface area contributed by atoms with Crippen LogP contribution in [0.1, 0.15) is 13.8 Å². The normalized spacial score (nSPS) is 44.7. The Labute approximate surface area is 82.8 Å². The first-order chi connectivity index (χ1) is 6.57. The summed E-state index contributed by atoms with van der Waals surface area (Å²) in [6.45, 7) is 7.34. The molecule has 0 N–H and O–H groups in total. The summed E-state index contributed by atoms with van der Waals surface area (Å²) in [6, 6.07) is 0. The molecule has 4 atom stereocenters. The van der Waals surface area contributed by atoms with Crippen LogP contribution in [0.4, 0.5) is 0 Å². The van der Waals surface area contributed by atoms with Gasteiger partial charge in [-0.05, 0) is 13.8 Å². The number of hydrogen-bond acceptors (Lipinski definition) is 4. The highest BCUT2D eigenvalue weighted by atomic mass is 16.8. The SMILES string of the molecule is C=CC1OC(C)(C)OC1C1OC1C=O. The molecule has 0 aliphatic carbocycles. The topological polar surface area (TPSA) is 48.1 Å². The fourth-order valence-corrected chi connectivity index (χ4v) is 1.76. The highest BCUT2D eigenvalue weighted by Crippen LogP contribution is 2.37. The molecule has 0 aromatic heterocycles. The molecule has 2 saturated heterocycles. The van der Waals surface area contributed by atoms with Crippen LogP contribution in [0, 0.1) is 0 Å². The Hall–Kier alpha value is -0.710. The first-order valence-electron chi connectivity index (χ1n) is 4.66. The zero-order valence-electron chi connectivity index (χ0n) is 8.30. The van der Waals surface area contributed by atoms with Gasteiger partial charge in [-0.15, -0.1) is 6.58 Å². The lowest BCUT2D eigenvalue weighted by atomic mass is 10.1. The van der Waals surface area contributed by atoms with Crippen molar-refractivity contribution in [3.63, 3.8) is 0 Å². The summed E-state index contributed by atoms with van der Waals surface area (Å²) < 4.78 is 16.4. The minimum Gasteiger partial charge on any atom is -0.359 e. The van der Waals surface area contributed by atoms with E-state index >= 15 is 0 Å². The van der Waals surface area contributed by atoms with Crippen molar-refractivity contribution >= 4 is 6.29 Å². The summed E-state index contributed by atoms with van der Waals surface area (Å²) in [5.74, 6) is -0.622. The van der Waals surface area contributed by atoms with Gasteiger partial charge in [-0.1, -0.05) is 6.08 Å². The van der Waals surface area contributed by atoms with Gasteiger partial charge in [0.1, 0.15) is 24.4 Å². The minimum atomic E-state index is -0.622. The van der Waals surface area contributed by atoms with E-state index in [1.807, 2.05) is 13.8 Å². The molecule has 4 heteroatoms. The van der Waals surface area contributed by atoms with Crippen LogP contribution >= 0.6 is 0 Å². The van der Waals surface area contributed by atoms with Gasteiger partial charge in [0.15, 0.2) is 12.1 Å². The molecule has 0 radical (unpaired) electrons. The van der Waals surface area contributed by atoms with Crippen molar-refractivity contribution in [2.75, 3.05) is 0 Å². The van der Waals surface area contributed by atoms with Crippen molar-refractivity contribution < 1.29 is 19.0 Å². The molecule has 2 aliphatic rings. The number of rotatable bonds is 3. The molecule has 0 amide bonds. The van der Waals surface area contributed by atoms with E-state index in [9.17, 15) is 4.79 Å². The average Bonchev–Trinajstić information content (AvgIpc) is 2.84. The molecule has 78 valence electrons. The standard InChI is InChI=1S/C10H14O4/c1-4-6-9(8-7(5-11)12-8)14-10(2,3)13-6/h4-9H,1H2,2-3H3. The molecule has 14 heavy (non-hydrogen) atoms. The van der Waals surface area contributed by atoms with Gasteiger partial charge in [0.05, 0.1) is 0 Å². The van der Waals surface area contributed by atoms with Gasteiger partial charge in [0.2, 0.25) is 0 Å². The molecule has 0 aromatic rings. The van der Waals surface area contributed by atoms with Gasteiger partial charge in [0.25, 0.3) is 0 Å². The van der Waals surface area contributed by atoms with E-state index in [1.54, 1.807) is 6.08 Å². The lowest BCUT2D eigenvalue weighted by Crippen LogP contribution is -2.28. The molecule has 4 nitrogen and oxygen atoms in total. The fourth-order valence-electron chi connectivity index (χ4n) is 1.76. The van der Waals surface area contributed by atoms with Gasteiger partial charge in [-0.2, -0.15) is 0 Å². The van der Waals surface area contributed by atoms with Crippen LogP contribution in [0.2, 0.25) is 0 Å². The number of hydrogen-bond donors (Lipinski definition) is 0. The quantitative estimate of drug-likeness (QED) is 0.379. The fraction of sp³-hybridized carbons (Fsp3) is 0.700. The van der Waals surface area contributed by atoms with Gasteiger partial charge in [-0.25, -0.2) is 0 Å². The van der Waals surface area contributed by atoms with Crippen LogP contribution < -0.4 is 0 Å². The molecule has 0 bridgehead atoms. The Balaban J connectivity index is 2.04. The summed E-state index contributed by atoms with van der Waals surface area (Å²) >= 11 is 0. The molecule has 2 rings (SSSR count). The summed E-state index contributed by atoms with van der Waals surface area (Å²) in [6.07, 6.45) is 1.57. The van der Waals surface area contributed by atoms with E-state index in [0.717, 1.165) is 6.29 Å². The molecule has 2 heterocycles. The van der Waals surface area contributed by atoms with Crippen molar-refractivity contribution in [3.05, 3.63) is 12.7 Å². The summed E-state index contributed by atoms with van der Waals surface area (Å²) in [4.78, 5) is 10.4. The van der Waals surface area contributed by atoms with Crippen LogP contribution in [0.3, 0.4) is 0 Å². The molecule has 2 aliphatic heterocycles. The second-order valence-electron chi connectivity index (χ2n) is 4.00. The molecule has 0 aromatic carbocycles. The van der Waals surface area contributed by atoms with Crippen LogP contribution in [0.15, 0.2) is 12.7 Å². The Kier molecular flexibility index (Phi) is 2.21. The summed E-state index contributed by atoms with van der Waals surface area (Å²) in [5.41, 5.74) is 0. The third kappa shape index (κ3) is 1.61. The maximum Gasteiger partial charge on any atom is 0.164 e. The van der Waals surface area contributed by atoms with E-state index in [2.05, 4.69) is 6.58 Å². The molecule has 2 fully saturated rings. The monoisotopic (exact) mass is 198 g/mol. The Morgan fingerprint density at radius 3 is 2.43 bits per heavy atom. The van der Waals surface area contributed by atoms with E-state index in [0.29, 0.717) is 0 Å². The van der Waals surface area contributed by atoms with Crippen molar-refractivity contribution in [1.82, 2.24) is 0 Å². The van der Waals surface area contributed by atoms with Gasteiger partial charge in [0, 0.05) is 0 Å². The number of carbonyl (C=O) groups excluding carboxylic acids is 1. The van der Waals surface area contributed by atoms with Crippen LogP contribution in [0.5, 0.6) is 0 Å². The van der Waals surface area contributed by atoms with Gasteiger partial charge >= 0.3 is 0 Å². The highest BCUT2D eigenvalue weighted by Gasteiger charge is 2.54. The smallest absolute Gasteiger partial charge is 0.164 e. The van der Waals surface area contributed by atoms with Crippen molar-refractivity contribution in [3.8, 4) is 0 Å². The average molecular weight is 198 g/mol. The lowest BCUT2D eigenvalue weighted by Gasteiger charge is -2.16. The number of ether oxygens (including phenoxy) is 3. The first-order valence-corrected chi connectivity index (χ1v) is 4.66. The second-order valence-corrected chi connectivity index (χ2v) is 4.00. The number of carbonyl (C=O) groups is 1. The van der Waals surface area contributed by atoms with Crippen LogP contribution in [-0.2, 0) is 19.0 Å². The van der Waals surface area contributed by atoms with E-state index < -0.39 is 5.79 Å². The Bertz CT molecular complexity index is 261. The summed E-state index contributed by atoms with van der Waals surface area (Å²) in [5, 5.41) is 0. The highest BCUT2D eigenvalue weighted by molar-refractivity contribution is 5.61. The molecular formula is C10H14O4. The number of epoxide rings is 1. The van der Waals surface area contributed by atoms with Gasteiger partial charge < -0.3 is 19.0 Å². The number of aldehydes is 1. The second kappa shape index (κ2) is 3.15. The zero-order chi connectivity index (χ0) is 10.3. The third-order valence-corrected chi connectivity index (χ3v) is 2.42. The largest absolute Gasteiger partial charge is 0.359 e. The van der Waals surface area contributed by atoms with Crippen molar-refractivity contribution in [2.45, 2.75) is 44.1 Å². The minimum absolute atomic E-state index is 0.169. The Morgan fingerprint density at radius 2 is 1.93 bits per heavy atom. The van der Waals surface area contributed by atoms with Crippen LogP contribution in [0.25, 0.3) is 0 Å². The lowest BCUT2D eigenvalue weighted by molar-refractivity contribution is -0.144.